The maximum Gasteiger partial charge on any atom is 0.247 e. The van der Waals surface area contributed by atoms with Gasteiger partial charge in [0.1, 0.15) is 0 Å². The van der Waals surface area contributed by atoms with Crippen molar-refractivity contribution in [2.75, 3.05) is 16.8 Å². The zero-order chi connectivity index (χ0) is 13.1. The Hall–Kier alpha value is -1.49. The molecule has 1 saturated heterocycles. The van der Waals surface area contributed by atoms with E-state index in [1.165, 1.54) is 42.0 Å². The molecule has 0 saturated carbocycles. The minimum atomic E-state index is 0.572. The van der Waals surface area contributed by atoms with E-state index >= 15 is 0 Å². The molecule has 19 heavy (non-hydrogen) atoms. The van der Waals surface area contributed by atoms with E-state index in [4.69, 9.17) is 4.42 Å². The number of aromatic nitrogens is 2. The highest BCUT2D eigenvalue weighted by Gasteiger charge is 2.14. The summed E-state index contributed by atoms with van der Waals surface area (Å²) < 4.78 is 5.22. The predicted octanol–water partition coefficient (Wildman–Crippen LogP) is 3.35. The smallest absolute Gasteiger partial charge is 0.247 e. The van der Waals surface area contributed by atoms with Gasteiger partial charge in [-0.1, -0.05) is 0 Å². The monoisotopic (exact) mass is 275 g/mol. The average molecular weight is 275 g/mol. The average Bonchev–Trinajstić information content (AvgIpc) is 2.96. The lowest BCUT2D eigenvalue weighted by Gasteiger charge is -2.24. The van der Waals surface area contributed by atoms with Gasteiger partial charge in [-0.15, -0.1) is 10.2 Å². The van der Waals surface area contributed by atoms with Gasteiger partial charge in [0, 0.05) is 23.0 Å². The Morgan fingerprint density at radius 1 is 1.42 bits per heavy atom. The normalized spacial score (nSPS) is 19.3. The maximum absolute atomic E-state index is 5.22. The molecule has 0 spiro atoms. The summed E-state index contributed by atoms with van der Waals surface area (Å²) in [6.45, 7) is 2.11. The molecule has 1 aliphatic heterocycles. The zero-order valence-corrected chi connectivity index (χ0v) is 11.7. The first-order valence-electron chi connectivity index (χ1n) is 6.54. The molecular formula is C14H17N3OS. The Labute approximate surface area is 117 Å². The van der Waals surface area contributed by atoms with Crippen LogP contribution < -0.4 is 5.32 Å². The molecule has 2 heterocycles. The number of anilines is 1. The van der Waals surface area contributed by atoms with Crippen molar-refractivity contribution in [1.82, 2.24) is 10.2 Å². The molecular weight excluding hydrogens is 258 g/mol. The lowest BCUT2D eigenvalue weighted by molar-refractivity contribution is 0.568. The van der Waals surface area contributed by atoms with Crippen molar-refractivity contribution in [3.63, 3.8) is 0 Å². The van der Waals surface area contributed by atoms with Gasteiger partial charge in [0.15, 0.2) is 0 Å². The Balaban J connectivity index is 1.76. The lowest BCUT2D eigenvalue weighted by Crippen LogP contribution is -2.26. The number of aryl methyl sites for hydroxylation is 1. The van der Waals surface area contributed by atoms with Crippen LogP contribution in [-0.4, -0.2) is 27.7 Å². The minimum absolute atomic E-state index is 0.572. The molecule has 100 valence electrons. The van der Waals surface area contributed by atoms with Crippen LogP contribution in [0.5, 0.6) is 0 Å². The van der Waals surface area contributed by atoms with Crippen molar-refractivity contribution in [2.24, 2.45) is 0 Å². The first-order valence-corrected chi connectivity index (χ1v) is 7.70. The number of nitrogens with one attached hydrogen (secondary N) is 1. The number of hydrogen-bond acceptors (Lipinski definition) is 5. The van der Waals surface area contributed by atoms with E-state index in [0.717, 1.165) is 5.56 Å². The fourth-order valence-electron chi connectivity index (χ4n) is 2.33. The van der Waals surface area contributed by atoms with Crippen LogP contribution in [0.25, 0.3) is 11.5 Å². The number of thioether (sulfide) groups is 1. The van der Waals surface area contributed by atoms with Crippen LogP contribution in [0, 0.1) is 6.92 Å². The van der Waals surface area contributed by atoms with E-state index in [-0.39, 0.29) is 0 Å². The molecule has 1 atom stereocenters. The number of benzene rings is 1. The molecule has 4 nitrogen and oxygen atoms in total. The summed E-state index contributed by atoms with van der Waals surface area (Å²) in [5, 5.41) is 11.3. The number of nitrogens with zero attached hydrogens (tertiary/aromatic N) is 2. The molecule has 1 aromatic carbocycles. The van der Waals surface area contributed by atoms with E-state index in [1.807, 2.05) is 17.8 Å². The molecule has 1 unspecified atom stereocenters. The van der Waals surface area contributed by atoms with Crippen molar-refractivity contribution in [3.05, 3.63) is 30.2 Å². The van der Waals surface area contributed by atoms with Crippen LogP contribution in [-0.2, 0) is 0 Å². The van der Waals surface area contributed by atoms with Gasteiger partial charge in [-0.2, -0.15) is 11.8 Å². The van der Waals surface area contributed by atoms with Gasteiger partial charge < -0.3 is 9.73 Å². The van der Waals surface area contributed by atoms with Crippen LogP contribution in [0.3, 0.4) is 0 Å². The van der Waals surface area contributed by atoms with E-state index in [9.17, 15) is 0 Å². The Bertz CT molecular complexity index is 536. The molecule has 5 heteroatoms. The molecule has 1 aromatic heterocycles. The zero-order valence-electron chi connectivity index (χ0n) is 10.9. The van der Waals surface area contributed by atoms with Crippen molar-refractivity contribution < 1.29 is 4.42 Å². The van der Waals surface area contributed by atoms with Crippen molar-refractivity contribution in [1.29, 1.82) is 0 Å². The van der Waals surface area contributed by atoms with Gasteiger partial charge in [0.05, 0.1) is 0 Å². The van der Waals surface area contributed by atoms with Gasteiger partial charge in [0.2, 0.25) is 12.3 Å². The Morgan fingerprint density at radius 2 is 2.37 bits per heavy atom. The van der Waals surface area contributed by atoms with Crippen LogP contribution >= 0.6 is 11.8 Å². The molecule has 0 aliphatic carbocycles. The summed E-state index contributed by atoms with van der Waals surface area (Å²) in [6.07, 6.45) is 3.93. The lowest BCUT2D eigenvalue weighted by atomic mass is 10.1. The third-order valence-corrected chi connectivity index (χ3v) is 4.57. The summed E-state index contributed by atoms with van der Waals surface area (Å²) in [7, 11) is 0. The Morgan fingerprint density at radius 3 is 3.05 bits per heavy atom. The maximum atomic E-state index is 5.22. The highest BCUT2D eigenvalue weighted by Crippen LogP contribution is 2.26. The second-order valence-electron chi connectivity index (χ2n) is 4.83. The molecule has 0 bridgehead atoms. The van der Waals surface area contributed by atoms with Gasteiger partial charge in [0.25, 0.3) is 0 Å². The highest BCUT2D eigenvalue weighted by atomic mass is 32.2. The summed E-state index contributed by atoms with van der Waals surface area (Å²) >= 11 is 2.03. The molecule has 0 amide bonds. The molecule has 1 aliphatic rings. The van der Waals surface area contributed by atoms with Crippen molar-refractivity contribution in [3.8, 4) is 11.5 Å². The second-order valence-corrected chi connectivity index (χ2v) is 5.98. The van der Waals surface area contributed by atoms with Gasteiger partial charge >= 0.3 is 0 Å². The van der Waals surface area contributed by atoms with Crippen LogP contribution in [0.2, 0.25) is 0 Å². The standard InChI is InChI=1S/C14H17N3OS/c1-10-7-11(14-17-15-9-18-14)4-5-13(10)16-12-3-2-6-19-8-12/h4-5,7,9,12,16H,2-3,6,8H2,1H3. The summed E-state index contributed by atoms with van der Waals surface area (Å²) in [4.78, 5) is 0. The quantitative estimate of drug-likeness (QED) is 0.931. The third kappa shape index (κ3) is 2.92. The van der Waals surface area contributed by atoms with Gasteiger partial charge in [-0.3, -0.25) is 0 Å². The molecule has 1 fully saturated rings. The molecule has 0 radical (unpaired) electrons. The summed E-state index contributed by atoms with van der Waals surface area (Å²) in [5.41, 5.74) is 3.39. The third-order valence-electron chi connectivity index (χ3n) is 3.35. The van der Waals surface area contributed by atoms with Crippen LogP contribution in [0.4, 0.5) is 5.69 Å². The molecule has 2 aromatic rings. The van der Waals surface area contributed by atoms with E-state index in [0.29, 0.717) is 11.9 Å². The molecule has 1 N–H and O–H groups in total. The van der Waals surface area contributed by atoms with Crippen LogP contribution in [0.1, 0.15) is 18.4 Å². The highest BCUT2D eigenvalue weighted by molar-refractivity contribution is 7.99. The topological polar surface area (TPSA) is 51.0 Å². The Kier molecular flexibility index (Phi) is 3.73. The first kappa shape index (κ1) is 12.5. The number of hydrogen-bond donors (Lipinski definition) is 1. The SMILES string of the molecule is Cc1cc(-c2nnco2)ccc1NC1CCCSC1. The largest absolute Gasteiger partial charge is 0.423 e. The van der Waals surface area contributed by atoms with Crippen molar-refractivity contribution >= 4 is 17.4 Å². The van der Waals surface area contributed by atoms with Gasteiger partial charge in [-0.05, 0) is 49.3 Å². The van der Waals surface area contributed by atoms with E-state index in [1.54, 1.807) is 0 Å². The van der Waals surface area contributed by atoms with E-state index < -0.39 is 0 Å². The van der Waals surface area contributed by atoms with Crippen molar-refractivity contribution in [2.45, 2.75) is 25.8 Å². The number of rotatable bonds is 3. The predicted molar refractivity (Wildman–Crippen MR) is 78.4 cm³/mol. The first-order chi connectivity index (χ1) is 9.33. The van der Waals surface area contributed by atoms with E-state index in [2.05, 4.69) is 34.6 Å². The summed E-state index contributed by atoms with van der Waals surface area (Å²) in [6, 6.07) is 6.81. The molecule has 3 rings (SSSR count). The fraction of sp³-hybridized carbons (Fsp3) is 0.429. The summed E-state index contributed by atoms with van der Waals surface area (Å²) in [5.74, 6) is 3.07. The second kappa shape index (κ2) is 5.65. The minimum Gasteiger partial charge on any atom is -0.423 e. The fourth-order valence-corrected chi connectivity index (χ4v) is 3.40. The van der Waals surface area contributed by atoms with Crippen LogP contribution in [0.15, 0.2) is 29.0 Å². The van der Waals surface area contributed by atoms with Gasteiger partial charge in [-0.25, -0.2) is 0 Å².